The standard InChI is InChI=1S/C25H40ClN/c1-24(2)17-21(18-25(3,4)19-24)22-12-11-20(16-23(22)26)10-9-15-27-13-7-5-6-8-14-27/h11-12,16,21H,5-10,13-15,17-19H2,1-4H3. The Morgan fingerprint density at radius 2 is 1.59 bits per heavy atom. The SMILES string of the molecule is CC1(C)CC(c2ccc(CCCN3CCCCCC3)cc2Cl)CC(C)(C)C1. The lowest BCUT2D eigenvalue weighted by atomic mass is 9.60. The summed E-state index contributed by atoms with van der Waals surface area (Å²) in [6.45, 7) is 13.5. The molecular formula is C25H40ClN. The van der Waals surface area contributed by atoms with Crippen molar-refractivity contribution in [3.8, 4) is 0 Å². The molecule has 1 aliphatic heterocycles. The highest BCUT2D eigenvalue weighted by Crippen LogP contribution is 2.52. The number of likely N-dealkylation sites (tertiary alicyclic amines) is 1. The van der Waals surface area contributed by atoms with Gasteiger partial charge in [-0.2, -0.15) is 0 Å². The van der Waals surface area contributed by atoms with Gasteiger partial charge >= 0.3 is 0 Å². The van der Waals surface area contributed by atoms with E-state index in [4.69, 9.17) is 11.6 Å². The van der Waals surface area contributed by atoms with Crippen LogP contribution in [0.5, 0.6) is 0 Å². The first-order chi connectivity index (χ1) is 12.7. The summed E-state index contributed by atoms with van der Waals surface area (Å²) in [5, 5.41) is 1.00. The molecule has 0 radical (unpaired) electrons. The number of hydrogen-bond donors (Lipinski definition) is 0. The average molecular weight is 390 g/mol. The largest absolute Gasteiger partial charge is 0.303 e. The van der Waals surface area contributed by atoms with Gasteiger partial charge in [0.1, 0.15) is 0 Å². The van der Waals surface area contributed by atoms with E-state index in [1.165, 1.54) is 82.1 Å². The Hall–Kier alpha value is -0.530. The Morgan fingerprint density at radius 1 is 0.963 bits per heavy atom. The van der Waals surface area contributed by atoms with Gasteiger partial charge in [-0.25, -0.2) is 0 Å². The van der Waals surface area contributed by atoms with Crippen molar-refractivity contribution in [2.24, 2.45) is 10.8 Å². The van der Waals surface area contributed by atoms with Crippen molar-refractivity contribution in [1.82, 2.24) is 4.90 Å². The van der Waals surface area contributed by atoms with Crippen molar-refractivity contribution in [3.05, 3.63) is 34.3 Å². The Bertz CT molecular complexity index is 595. The minimum Gasteiger partial charge on any atom is -0.303 e. The Morgan fingerprint density at radius 3 is 2.19 bits per heavy atom. The smallest absolute Gasteiger partial charge is 0.0443 e. The van der Waals surface area contributed by atoms with Gasteiger partial charge in [-0.1, -0.05) is 64.3 Å². The van der Waals surface area contributed by atoms with E-state index in [0.717, 1.165) is 11.4 Å². The number of halogens is 1. The molecule has 1 nitrogen and oxygen atoms in total. The fraction of sp³-hybridized carbons (Fsp3) is 0.760. The summed E-state index contributed by atoms with van der Waals surface area (Å²) >= 11 is 6.79. The number of nitrogens with zero attached hydrogens (tertiary/aromatic N) is 1. The van der Waals surface area contributed by atoms with Crippen molar-refractivity contribution in [2.45, 2.75) is 91.4 Å². The highest BCUT2D eigenvalue weighted by molar-refractivity contribution is 6.31. The summed E-state index contributed by atoms with van der Waals surface area (Å²) in [5.41, 5.74) is 3.60. The highest BCUT2D eigenvalue weighted by atomic mass is 35.5. The van der Waals surface area contributed by atoms with Crippen LogP contribution in [0.15, 0.2) is 18.2 Å². The van der Waals surface area contributed by atoms with Crippen LogP contribution in [0.3, 0.4) is 0 Å². The summed E-state index contributed by atoms with van der Waals surface area (Å²) in [7, 11) is 0. The van der Waals surface area contributed by atoms with Crippen LogP contribution in [0, 0.1) is 10.8 Å². The van der Waals surface area contributed by atoms with Crippen molar-refractivity contribution in [2.75, 3.05) is 19.6 Å². The molecule has 1 aromatic carbocycles. The Kier molecular flexibility index (Phi) is 6.96. The number of benzene rings is 1. The average Bonchev–Trinajstić information content (AvgIpc) is 2.81. The lowest BCUT2D eigenvalue weighted by molar-refractivity contribution is 0.0969. The van der Waals surface area contributed by atoms with Crippen LogP contribution < -0.4 is 0 Å². The van der Waals surface area contributed by atoms with E-state index in [2.05, 4.69) is 50.8 Å². The molecule has 0 unspecified atom stereocenters. The first kappa shape index (κ1) is 21.2. The molecule has 152 valence electrons. The lowest BCUT2D eigenvalue weighted by Gasteiger charge is -2.45. The highest BCUT2D eigenvalue weighted by Gasteiger charge is 2.39. The summed E-state index contributed by atoms with van der Waals surface area (Å²) in [6, 6.07) is 6.94. The van der Waals surface area contributed by atoms with E-state index in [0.29, 0.717) is 16.7 Å². The molecular weight excluding hydrogens is 350 g/mol. The molecule has 2 heteroatoms. The zero-order chi connectivity index (χ0) is 19.5. The van der Waals surface area contributed by atoms with E-state index < -0.39 is 0 Å². The van der Waals surface area contributed by atoms with Gasteiger partial charge in [-0.3, -0.25) is 0 Å². The second-order valence-corrected chi connectivity index (χ2v) is 11.2. The maximum absolute atomic E-state index is 6.79. The molecule has 1 aliphatic carbocycles. The quantitative estimate of drug-likeness (QED) is 0.504. The third kappa shape index (κ3) is 6.23. The van der Waals surface area contributed by atoms with Crippen LogP contribution in [-0.2, 0) is 6.42 Å². The Balaban J connectivity index is 1.58. The molecule has 0 bridgehead atoms. The summed E-state index contributed by atoms with van der Waals surface area (Å²) in [5.74, 6) is 0.599. The molecule has 27 heavy (non-hydrogen) atoms. The first-order valence-electron chi connectivity index (χ1n) is 11.2. The topological polar surface area (TPSA) is 3.24 Å². The molecule has 1 saturated heterocycles. The van der Waals surface area contributed by atoms with Gasteiger partial charge in [0.05, 0.1) is 0 Å². The van der Waals surface area contributed by atoms with Crippen molar-refractivity contribution in [1.29, 1.82) is 0 Å². The molecule has 1 saturated carbocycles. The van der Waals surface area contributed by atoms with Crippen LogP contribution in [0.1, 0.15) is 96.1 Å². The maximum atomic E-state index is 6.79. The van der Waals surface area contributed by atoms with E-state index in [1.807, 2.05) is 0 Å². The van der Waals surface area contributed by atoms with E-state index in [-0.39, 0.29) is 0 Å². The van der Waals surface area contributed by atoms with Crippen LogP contribution >= 0.6 is 11.6 Å². The fourth-order valence-electron chi connectivity index (χ4n) is 5.99. The fourth-order valence-corrected chi connectivity index (χ4v) is 6.35. The van der Waals surface area contributed by atoms with Crippen molar-refractivity contribution >= 4 is 11.6 Å². The Labute approximate surface area is 172 Å². The third-order valence-electron chi connectivity index (χ3n) is 6.70. The van der Waals surface area contributed by atoms with Crippen LogP contribution in [0.4, 0.5) is 0 Å². The molecule has 2 aliphatic rings. The molecule has 0 spiro atoms. The van der Waals surface area contributed by atoms with Gasteiger partial charge < -0.3 is 4.90 Å². The molecule has 0 amide bonds. The van der Waals surface area contributed by atoms with Crippen LogP contribution in [0.25, 0.3) is 0 Å². The summed E-state index contributed by atoms with van der Waals surface area (Å²) < 4.78 is 0. The van der Waals surface area contributed by atoms with Gasteiger partial charge in [0.2, 0.25) is 0 Å². The van der Waals surface area contributed by atoms with Crippen molar-refractivity contribution in [3.63, 3.8) is 0 Å². The second kappa shape index (κ2) is 8.87. The molecule has 0 N–H and O–H groups in total. The number of rotatable bonds is 5. The minimum atomic E-state index is 0.404. The predicted octanol–water partition coefficient (Wildman–Crippen LogP) is 7.47. The van der Waals surface area contributed by atoms with Gasteiger partial charge in [0.15, 0.2) is 0 Å². The predicted molar refractivity (Wildman–Crippen MR) is 119 cm³/mol. The molecule has 3 rings (SSSR count). The zero-order valence-corrected chi connectivity index (χ0v) is 18.9. The molecule has 2 fully saturated rings. The molecule has 1 heterocycles. The van der Waals surface area contributed by atoms with Gasteiger partial charge in [0.25, 0.3) is 0 Å². The van der Waals surface area contributed by atoms with Crippen LogP contribution in [-0.4, -0.2) is 24.5 Å². The van der Waals surface area contributed by atoms with E-state index in [9.17, 15) is 0 Å². The maximum Gasteiger partial charge on any atom is 0.0443 e. The monoisotopic (exact) mass is 389 g/mol. The summed E-state index contributed by atoms with van der Waals surface area (Å²) in [6.07, 6.45) is 11.8. The lowest BCUT2D eigenvalue weighted by Crippen LogP contribution is -2.33. The minimum absolute atomic E-state index is 0.404. The van der Waals surface area contributed by atoms with Gasteiger partial charge in [0, 0.05) is 5.02 Å². The van der Waals surface area contributed by atoms with Crippen molar-refractivity contribution < 1.29 is 0 Å². The second-order valence-electron chi connectivity index (χ2n) is 10.8. The number of aryl methyl sites for hydroxylation is 1. The van der Waals surface area contributed by atoms with E-state index in [1.54, 1.807) is 0 Å². The molecule has 0 atom stereocenters. The molecule has 1 aromatic rings. The van der Waals surface area contributed by atoms with Gasteiger partial charge in [-0.05, 0) is 98.5 Å². The number of hydrogen-bond acceptors (Lipinski definition) is 1. The van der Waals surface area contributed by atoms with Gasteiger partial charge in [-0.15, -0.1) is 0 Å². The van der Waals surface area contributed by atoms with E-state index >= 15 is 0 Å². The first-order valence-corrected chi connectivity index (χ1v) is 11.6. The summed E-state index contributed by atoms with van der Waals surface area (Å²) in [4.78, 5) is 2.66. The third-order valence-corrected chi connectivity index (χ3v) is 7.03. The molecule has 0 aromatic heterocycles. The zero-order valence-electron chi connectivity index (χ0n) is 18.1. The van der Waals surface area contributed by atoms with Crippen LogP contribution in [0.2, 0.25) is 5.02 Å². The normalized spacial score (nSPS) is 23.9.